The van der Waals surface area contributed by atoms with E-state index < -0.39 is 9.84 Å². The van der Waals surface area contributed by atoms with Crippen molar-refractivity contribution >= 4 is 9.84 Å². The first-order valence-corrected chi connectivity index (χ1v) is 8.64. The highest BCUT2D eigenvalue weighted by molar-refractivity contribution is 7.91. The second kappa shape index (κ2) is 5.45. The summed E-state index contributed by atoms with van der Waals surface area (Å²) >= 11 is 0. The molecule has 0 aromatic heterocycles. The van der Waals surface area contributed by atoms with Gasteiger partial charge in [0.15, 0.2) is 9.84 Å². The van der Waals surface area contributed by atoms with Crippen molar-refractivity contribution in [2.75, 3.05) is 37.7 Å². The zero-order valence-corrected chi connectivity index (χ0v) is 12.0. The fourth-order valence-electron chi connectivity index (χ4n) is 2.84. The van der Waals surface area contributed by atoms with E-state index in [-0.39, 0.29) is 11.3 Å². The highest BCUT2D eigenvalue weighted by atomic mass is 32.2. The van der Waals surface area contributed by atoms with E-state index in [0.717, 1.165) is 45.4 Å². The average molecular weight is 275 g/mol. The largest absolute Gasteiger partial charge is 0.328 e. The van der Waals surface area contributed by atoms with Crippen LogP contribution in [0.3, 0.4) is 0 Å². The standard InChI is InChI=1S/C12H25N3O2S/c1-12(4-9-18(16,17)10-12)14-5-8-15-6-2-11(13)3-7-15/h11,14H,2-10,13H2,1H3. The Balaban J connectivity index is 1.69. The topological polar surface area (TPSA) is 75.4 Å². The molecule has 2 rings (SSSR count). The number of hydrogen-bond donors (Lipinski definition) is 2. The Kier molecular flexibility index (Phi) is 4.31. The Morgan fingerprint density at radius 2 is 2.06 bits per heavy atom. The maximum absolute atomic E-state index is 11.5. The van der Waals surface area contributed by atoms with Crippen LogP contribution >= 0.6 is 0 Å². The molecular weight excluding hydrogens is 250 g/mol. The van der Waals surface area contributed by atoms with E-state index in [2.05, 4.69) is 10.2 Å². The average Bonchev–Trinajstić information content (AvgIpc) is 2.56. The molecule has 0 amide bonds. The first-order chi connectivity index (χ1) is 8.39. The molecule has 0 aliphatic carbocycles. The summed E-state index contributed by atoms with van der Waals surface area (Å²) in [6.07, 6.45) is 2.89. The summed E-state index contributed by atoms with van der Waals surface area (Å²) < 4.78 is 23.0. The van der Waals surface area contributed by atoms with E-state index in [0.29, 0.717) is 11.8 Å². The van der Waals surface area contributed by atoms with Crippen molar-refractivity contribution in [2.45, 2.75) is 37.8 Å². The SMILES string of the molecule is CC1(NCCN2CCC(N)CC2)CCS(=O)(=O)C1. The molecule has 2 saturated heterocycles. The summed E-state index contributed by atoms with van der Waals surface area (Å²) in [7, 11) is -2.81. The van der Waals surface area contributed by atoms with Crippen LogP contribution in [0.1, 0.15) is 26.2 Å². The minimum Gasteiger partial charge on any atom is -0.328 e. The monoisotopic (exact) mass is 275 g/mol. The maximum Gasteiger partial charge on any atom is 0.152 e. The number of rotatable bonds is 4. The van der Waals surface area contributed by atoms with Crippen LogP contribution in [0.15, 0.2) is 0 Å². The highest BCUT2D eigenvalue weighted by Gasteiger charge is 2.37. The normalized spacial score (nSPS) is 33.9. The molecule has 0 radical (unpaired) electrons. The molecule has 18 heavy (non-hydrogen) atoms. The van der Waals surface area contributed by atoms with E-state index in [1.165, 1.54) is 0 Å². The predicted molar refractivity (Wildman–Crippen MR) is 73.3 cm³/mol. The van der Waals surface area contributed by atoms with Crippen molar-refractivity contribution < 1.29 is 8.42 Å². The molecule has 2 aliphatic rings. The molecule has 0 aromatic carbocycles. The minimum atomic E-state index is -2.81. The van der Waals surface area contributed by atoms with Gasteiger partial charge in [-0.2, -0.15) is 0 Å². The van der Waals surface area contributed by atoms with Crippen molar-refractivity contribution in [3.8, 4) is 0 Å². The van der Waals surface area contributed by atoms with Gasteiger partial charge in [-0.15, -0.1) is 0 Å². The van der Waals surface area contributed by atoms with E-state index in [1.54, 1.807) is 0 Å². The van der Waals surface area contributed by atoms with Gasteiger partial charge in [-0.05, 0) is 39.3 Å². The summed E-state index contributed by atoms with van der Waals surface area (Å²) in [5, 5.41) is 3.42. The molecule has 0 spiro atoms. The maximum atomic E-state index is 11.5. The van der Waals surface area contributed by atoms with Crippen molar-refractivity contribution in [1.82, 2.24) is 10.2 Å². The zero-order valence-electron chi connectivity index (χ0n) is 11.2. The summed E-state index contributed by atoms with van der Waals surface area (Å²) in [4.78, 5) is 2.41. The van der Waals surface area contributed by atoms with Crippen molar-refractivity contribution in [1.29, 1.82) is 0 Å². The summed E-state index contributed by atoms with van der Waals surface area (Å²) in [5.74, 6) is 0.611. The van der Waals surface area contributed by atoms with Crippen molar-refractivity contribution in [2.24, 2.45) is 5.73 Å². The summed E-state index contributed by atoms with van der Waals surface area (Å²) in [6.45, 7) is 6.00. The number of sulfone groups is 1. The molecule has 2 heterocycles. The predicted octanol–water partition coefficient (Wildman–Crippen LogP) is -0.424. The van der Waals surface area contributed by atoms with E-state index in [1.807, 2.05) is 6.92 Å². The Labute approximate surface area is 110 Å². The van der Waals surface area contributed by atoms with Gasteiger partial charge in [-0.3, -0.25) is 0 Å². The van der Waals surface area contributed by atoms with Crippen LogP contribution in [-0.4, -0.2) is 62.6 Å². The number of piperidine rings is 1. The molecule has 1 atom stereocenters. The second-order valence-corrected chi connectivity index (χ2v) is 8.19. The van der Waals surface area contributed by atoms with Gasteiger partial charge in [-0.25, -0.2) is 8.42 Å². The molecule has 0 saturated carbocycles. The van der Waals surface area contributed by atoms with Crippen molar-refractivity contribution in [3.05, 3.63) is 0 Å². The second-order valence-electron chi connectivity index (χ2n) is 6.01. The third-order valence-corrected chi connectivity index (χ3v) is 6.02. The molecule has 1 unspecified atom stereocenters. The zero-order chi connectivity index (χ0) is 13.2. The van der Waals surface area contributed by atoms with E-state index >= 15 is 0 Å². The fraction of sp³-hybridized carbons (Fsp3) is 1.00. The van der Waals surface area contributed by atoms with Crippen LogP contribution in [0.4, 0.5) is 0 Å². The molecule has 2 aliphatic heterocycles. The molecular formula is C12H25N3O2S. The van der Waals surface area contributed by atoms with Gasteiger partial charge >= 0.3 is 0 Å². The van der Waals surface area contributed by atoms with Gasteiger partial charge in [0.2, 0.25) is 0 Å². The summed E-state index contributed by atoms with van der Waals surface area (Å²) in [5.41, 5.74) is 5.65. The molecule has 6 heteroatoms. The molecule has 3 N–H and O–H groups in total. The number of hydrogen-bond acceptors (Lipinski definition) is 5. The minimum absolute atomic E-state index is 0.217. The quantitative estimate of drug-likeness (QED) is 0.728. The number of nitrogens with two attached hydrogens (primary N) is 1. The number of nitrogens with zero attached hydrogens (tertiary/aromatic N) is 1. The van der Waals surface area contributed by atoms with Gasteiger partial charge in [0.05, 0.1) is 11.5 Å². The molecule has 2 fully saturated rings. The third kappa shape index (κ3) is 3.91. The lowest BCUT2D eigenvalue weighted by Gasteiger charge is -2.31. The van der Waals surface area contributed by atoms with Gasteiger partial charge in [0.1, 0.15) is 0 Å². The first-order valence-electron chi connectivity index (χ1n) is 6.82. The Morgan fingerprint density at radius 1 is 1.39 bits per heavy atom. The summed E-state index contributed by atoms with van der Waals surface area (Å²) in [6, 6.07) is 0.367. The van der Waals surface area contributed by atoms with Crippen molar-refractivity contribution in [3.63, 3.8) is 0 Å². The van der Waals surface area contributed by atoms with Crippen LogP contribution in [-0.2, 0) is 9.84 Å². The highest BCUT2D eigenvalue weighted by Crippen LogP contribution is 2.22. The first kappa shape index (κ1) is 14.2. The van der Waals surface area contributed by atoms with Gasteiger partial charge in [0, 0.05) is 24.7 Å². The molecule has 0 aromatic rings. The third-order valence-electron chi connectivity index (χ3n) is 4.12. The van der Waals surface area contributed by atoms with Crippen LogP contribution in [0.2, 0.25) is 0 Å². The van der Waals surface area contributed by atoms with Gasteiger partial charge in [0.25, 0.3) is 0 Å². The Bertz CT molecular complexity index is 377. The number of nitrogens with one attached hydrogen (secondary N) is 1. The van der Waals surface area contributed by atoms with Crippen LogP contribution < -0.4 is 11.1 Å². The van der Waals surface area contributed by atoms with Gasteiger partial charge < -0.3 is 16.0 Å². The fourth-order valence-corrected chi connectivity index (χ4v) is 4.97. The Morgan fingerprint density at radius 3 is 2.61 bits per heavy atom. The molecule has 0 bridgehead atoms. The van der Waals surface area contributed by atoms with Gasteiger partial charge in [-0.1, -0.05) is 0 Å². The van der Waals surface area contributed by atoms with Crippen LogP contribution in [0.25, 0.3) is 0 Å². The smallest absolute Gasteiger partial charge is 0.152 e. The lowest BCUT2D eigenvalue weighted by atomic mass is 10.0. The number of likely N-dealkylation sites (tertiary alicyclic amines) is 1. The Hall–Kier alpha value is -0.170. The molecule has 106 valence electrons. The van der Waals surface area contributed by atoms with E-state index in [4.69, 9.17) is 5.73 Å². The molecule has 5 nitrogen and oxygen atoms in total. The van der Waals surface area contributed by atoms with Crippen LogP contribution in [0.5, 0.6) is 0 Å². The van der Waals surface area contributed by atoms with Crippen LogP contribution in [0, 0.1) is 0 Å². The lowest BCUT2D eigenvalue weighted by Crippen LogP contribution is -2.48. The van der Waals surface area contributed by atoms with E-state index in [9.17, 15) is 8.42 Å². The lowest BCUT2D eigenvalue weighted by molar-refractivity contribution is 0.206.